The van der Waals surface area contributed by atoms with Crippen LogP contribution < -0.4 is 0 Å². The zero-order valence-electron chi connectivity index (χ0n) is 5.81. The zero-order chi connectivity index (χ0) is 6.95. The molecule has 0 saturated heterocycles. The maximum absolute atomic E-state index is 9.81. The van der Waals surface area contributed by atoms with Crippen LogP contribution in [0, 0.1) is 0 Å². The van der Waals surface area contributed by atoms with Gasteiger partial charge in [0.05, 0.1) is 7.85 Å². The lowest BCUT2D eigenvalue weighted by atomic mass is 9.99. The first-order valence-electron chi connectivity index (χ1n) is 3.55. The minimum absolute atomic E-state index is 0.713. The van der Waals surface area contributed by atoms with Crippen LogP contribution in [0.3, 0.4) is 0 Å². The number of hydrogen-bond donors (Lipinski definition) is 0. The molecular formula is C7H13BO. The number of unbranched alkanes of at least 4 members (excludes halogenated alkanes) is 4. The summed E-state index contributed by atoms with van der Waals surface area (Å²) >= 11 is 0. The highest BCUT2D eigenvalue weighted by atomic mass is 16.1. The molecule has 0 rings (SSSR count). The van der Waals surface area contributed by atoms with E-state index in [1.54, 1.807) is 0 Å². The molecule has 0 N–H and O–H groups in total. The Morgan fingerprint density at radius 1 is 1.11 bits per heavy atom. The molecule has 2 radical (unpaired) electrons. The molecule has 50 valence electrons. The predicted octanol–water partition coefficient (Wildman–Crippen LogP) is 1.72. The maximum Gasteiger partial charge on any atom is 0.119 e. The molecule has 0 fully saturated rings. The van der Waals surface area contributed by atoms with Crippen LogP contribution in [0.25, 0.3) is 0 Å². The molecule has 0 atom stereocenters. The summed E-state index contributed by atoms with van der Waals surface area (Å²) in [4.78, 5) is 9.81. The van der Waals surface area contributed by atoms with E-state index in [2.05, 4.69) is 0 Å². The third-order valence-electron chi connectivity index (χ3n) is 1.28. The summed E-state index contributed by atoms with van der Waals surface area (Å²) in [5.41, 5.74) is 0. The molecule has 2 heteroatoms. The Morgan fingerprint density at radius 3 is 2.33 bits per heavy atom. The topological polar surface area (TPSA) is 17.1 Å². The molecule has 0 unspecified atom stereocenters. The zero-order valence-corrected chi connectivity index (χ0v) is 5.81. The lowest BCUT2D eigenvalue weighted by Crippen LogP contribution is -1.78. The van der Waals surface area contributed by atoms with Crippen molar-refractivity contribution in [2.45, 2.75) is 38.4 Å². The molecule has 9 heavy (non-hydrogen) atoms. The second kappa shape index (κ2) is 7.73. The average molecular weight is 124 g/mol. The molecule has 0 heterocycles. The van der Waals surface area contributed by atoms with E-state index in [1.165, 1.54) is 6.42 Å². The van der Waals surface area contributed by atoms with Gasteiger partial charge in [-0.2, -0.15) is 0 Å². The number of rotatable bonds is 6. The predicted molar refractivity (Wildman–Crippen MR) is 39.7 cm³/mol. The minimum Gasteiger partial charge on any atom is -0.303 e. The van der Waals surface area contributed by atoms with Crippen LogP contribution in [-0.4, -0.2) is 14.1 Å². The van der Waals surface area contributed by atoms with Crippen LogP contribution in [0.5, 0.6) is 0 Å². The molecule has 0 aromatic heterocycles. The van der Waals surface area contributed by atoms with Crippen LogP contribution in [0.4, 0.5) is 0 Å². The fraction of sp³-hybridized carbons (Fsp3) is 0.857. The van der Waals surface area contributed by atoms with Crippen LogP contribution in [0.2, 0.25) is 6.32 Å². The summed E-state index contributed by atoms with van der Waals surface area (Å²) in [5, 5.41) is 0. The highest BCUT2D eigenvalue weighted by Crippen LogP contribution is 2.02. The monoisotopic (exact) mass is 124 g/mol. The Morgan fingerprint density at radius 2 is 1.78 bits per heavy atom. The lowest BCUT2D eigenvalue weighted by Gasteiger charge is -1.93. The molecule has 0 aromatic rings. The molecule has 0 saturated carbocycles. The maximum atomic E-state index is 9.81. The fourth-order valence-electron chi connectivity index (χ4n) is 0.726. The Hall–Kier alpha value is -0.265. The highest BCUT2D eigenvalue weighted by molar-refractivity contribution is 6.08. The van der Waals surface area contributed by atoms with Gasteiger partial charge in [-0.25, -0.2) is 0 Å². The molecule has 0 aliphatic rings. The van der Waals surface area contributed by atoms with E-state index in [1.807, 2.05) is 0 Å². The van der Waals surface area contributed by atoms with Crippen LogP contribution in [0.15, 0.2) is 0 Å². The molecule has 0 bridgehead atoms. The van der Waals surface area contributed by atoms with Gasteiger partial charge in [0.1, 0.15) is 6.29 Å². The fourth-order valence-corrected chi connectivity index (χ4v) is 0.726. The van der Waals surface area contributed by atoms with Crippen molar-refractivity contribution >= 4 is 14.1 Å². The normalized spacial score (nSPS) is 9.33. The third-order valence-corrected chi connectivity index (χ3v) is 1.28. The highest BCUT2D eigenvalue weighted by Gasteiger charge is 1.85. The van der Waals surface area contributed by atoms with E-state index in [4.69, 9.17) is 7.85 Å². The second-order valence-electron chi connectivity index (χ2n) is 2.16. The van der Waals surface area contributed by atoms with Gasteiger partial charge in [-0.1, -0.05) is 25.6 Å². The summed E-state index contributed by atoms with van der Waals surface area (Å²) in [7, 11) is 5.27. The number of carbonyl (C=O) groups is 1. The Bertz CT molecular complexity index is 63.9. The van der Waals surface area contributed by atoms with Gasteiger partial charge in [0.15, 0.2) is 0 Å². The number of carbonyl (C=O) groups excluding carboxylic acids is 1. The Labute approximate surface area is 58.2 Å². The minimum atomic E-state index is 0.713. The van der Waals surface area contributed by atoms with Crippen molar-refractivity contribution in [1.29, 1.82) is 0 Å². The summed E-state index contributed by atoms with van der Waals surface area (Å²) in [6, 6.07) is 0. The number of aldehydes is 1. The first kappa shape index (κ1) is 8.73. The van der Waals surface area contributed by atoms with Crippen LogP contribution in [0.1, 0.15) is 32.1 Å². The molecule has 0 amide bonds. The standard InChI is InChI=1S/C7H13BO/c8-6-4-2-1-3-5-7-9/h7H,1-6H2. The van der Waals surface area contributed by atoms with E-state index in [0.717, 1.165) is 31.9 Å². The van der Waals surface area contributed by atoms with Crippen molar-refractivity contribution in [2.24, 2.45) is 0 Å². The Balaban J connectivity index is 2.66. The molecule has 0 spiro atoms. The average Bonchev–Trinajstić information content (AvgIpc) is 1.89. The van der Waals surface area contributed by atoms with Crippen LogP contribution >= 0.6 is 0 Å². The van der Waals surface area contributed by atoms with E-state index in [-0.39, 0.29) is 0 Å². The van der Waals surface area contributed by atoms with Gasteiger partial charge in [0, 0.05) is 6.42 Å². The van der Waals surface area contributed by atoms with E-state index < -0.39 is 0 Å². The lowest BCUT2D eigenvalue weighted by molar-refractivity contribution is -0.107. The van der Waals surface area contributed by atoms with E-state index in [0.29, 0.717) is 6.42 Å². The summed E-state index contributed by atoms with van der Waals surface area (Å²) in [6.07, 6.45) is 6.91. The van der Waals surface area contributed by atoms with Gasteiger partial charge >= 0.3 is 0 Å². The molecule has 1 nitrogen and oxygen atoms in total. The van der Waals surface area contributed by atoms with Crippen molar-refractivity contribution < 1.29 is 4.79 Å². The van der Waals surface area contributed by atoms with Gasteiger partial charge in [-0.15, -0.1) is 0 Å². The van der Waals surface area contributed by atoms with Gasteiger partial charge in [-0.3, -0.25) is 0 Å². The molecular weight excluding hydrogens is 111 g/mol. The van der Waals surface area contributed by atoms with E-state index >= 15 is 0 Å². The van der Waals surface area contributed by atoms with Gasteiger partial charge in [-0.05, 0) is 6.42 Å². The van der Waals surface area contributed by atoms with Crippen molar-refractivity contribution in [3.8, 4) is 0 Å². The van der Waals surface area contributed by atoms with Crippen molar-refractivity contribution in [3.63, 3.8) is 0 Å². The second-order valence-corrected chi connectivity index (χ2v) is 2.16. The molecule has 0 aliphatic heterocycles. The first-order chi connectivity index (χ1) is 4.41. The van der Waals surface area contributed by atoms with Crippen molar-refractivity contribution in [3.05, 3.63) is 0 Å². The Kier molecular flexibility index (Phi) is 7.51. The summed E-state index contributed by atoms with van der Waals surface area (Å²) in [6.45, 7) is 0. The third kappa shape index (κ3) is 7.73. The van der Waals surface area contributed by atoms with Gasteiger partial charge in [0.2, 0.25) is 0 Å². The molecule has 0 aromatic carbocycles. The summed E-state index contributed by atoms with van der Waals surface area (Å²) < 4.78 is 0. The SMILES string of the molecule is [B]CCCCCCC=O. The number of hydrogen-bond acceptors (Lipinski definition) is 1. The summed E-state index contributed by atoms with van der Waals surface area (Å²) in [5.74, 6) is 0. The molecule has 0 aliphatic carbocycles. The first-order valence-corrected chi connectivity index (χ1v) is 3.55. The largest absolute Gasteiger partial charge is 0.303 e. The van der Waals surface area contributed by atoms with Gasteiger partial charge in [0.25, 0.3) is 0 Å². The van der Waals surface area contributed by atoms with Crippen molar-refractivity contribution in [2.75, 3.05) is 0 Å². The van der Waals surface area contributed by atoms with Gasteiger partial charge < -0.3 is 4.79 Å². The van der Waals surface area contributed by atoms with Crippen molar-refractivity contribution in [1.82, 2.24) is 0 Å². The smallest absolute Gasteiger partial charge is 0.119 e. The quantitative estimate of drug-likeness (QED) is 0.299. The van der Waals surface area contributed by atoms with Crippen LogP contribution in [-0.2, 0) is 4.79 Å². The van der Waals surface area contributed by atoms with E-state index in [9.17, 15) is 4.79 Å².